The lowest BCUT2D eigenvalue weighted by molar-refractivity contribution is -0.138. The highest BCUT2D eigenvalue weighted by molar-refractivity contribution is 5.81. The molecule has 1 saturated carbocycles. The van der Waals surface area contributed by atoms with Gasteiger partial charge in [-0.1, -0.05) is 27.7 Å². The summed E-state index contributed by atoms with van der Waals surface area (Å²) in [6.07, 6.45) is 2.43. The Hall–Kier alpha value is -0.370. The van der Waals surface area contributed by atoms with Crippen LogP contribution in [0.1, 0.15) is 47.5 Å². The lowest BCUT2D eigenvalue weighted by atomic mass is 9.88. The Bertz CT molecular complexity index is 223. The number of hydrogen-bond donors (Lipinski definition) is 0. The maximum Gasteiger partial charge on any atom is 0.161 e. The van der Waals surface area contributed by atoms with E-state index in [0.717, 1.165) is 0 Å². The molecular weight excluding hydrogens is 188 g/mol. The van der Waals surface area contributed by atoms with E-state index in [9.17, 15) is 4.79 Å². The smallest absolute Gasteiger partial charge is 0.161 e. The molecule has 1 fully saturated rings. The van der Waals surface area contributed by atoms with Crippen LogP contribution in [-0.2, 0) is 9.53 Å². The van der Waals surface area contributed by atoms with Gasteiger partial charge in [-0.15, -0.1) is 0 Å². The fourth-order valence-corrected chi connectivity index (χ4v) is 2.24. The molecular formula is C13H24O2. The molecule has 0 heterocycles. The summed E-state index contributed by atoms with van der Waals surface area (Å²) in [5, 5.41) is 0. The van der Waals surface area contributed by atoms with Gasteiger partial charge >= 0.3 is 0 Å². The average molecular weight is 212 g/mol. The minimum Gasteiger partial charge on any atom is -0.367 e. The van der Waals surface area contributed by atoms with Crippen molar-refractivity contribution in [3.05, 3.63) is 0 Å². The van der Waals surface area contributed by atoms with Gasteiger partial charge in [0, 0.05) is 5.92 Å². The van der Waals surface area contributed by atoms with Gasteiger partial charge in [0.05, 0.1) is 5.60 Å². The summed E-state index contributed by atoms with van der Waals surface area (Å²) in [6.45, 7) is 10.7. The zero-order chi connectivity index (χ0) is 11.6. The summed E-state index contributed by atoms with van der Waals surface area (Å²) in [5.74, 6) is 1.42. The van der Waals surface area contributed by atoms with Gasteiger partial charge in [-0.25, -0.2) is 0 Å². The Morgan fingerprint density at radius 2 is 1.80 bits per heavy atom. The van der Waals surface area contributed by atoms with E-state index < -0.39 is 0 Å². The Morgan fingerprint density at radius 1 is 1.33 bits per heavy atom. The molecule has 2 heteroatoms. The highest BCUT2D eigenvalue weighted by atomic mass is 16.5. The van der Waals surface area contributed by atoms with Gasteiger partial charge in [-0.3, -0.25) is 4.79 Å². The molecule has 0 aliphatic heterocycles. The van der Waals surface area contributed by atoms with E-state index in [4.69, 9.17) is 4.74 Å². The fourth-order valence-electron chi connectivity index (χ4n) is 2.24. The van der Waals surface area contributed by atoms with Crippen molar-refractivity contribution in [2.75, 3.05) is 6.61 Å². The summed E-state index contributed by atoms with van der Waals surface area (Å²) in [5.41, 5.74) is -0.0927. The molecule has 0 amide bonds. The predicted molar refractivity (Wildman–Crippen MR) is 61.8 cm³/mol. The molecule has 1 aliphatic carbocycles. The van der Waals surface area contributed by atoms with Crippen LogP contribution in [0.3, 0.4) is 0 Å². The first kappa shape index (κ1) is 12.7. The maximum atomic E-state index is 11.5. The van der Waals surface area contributed by atoms with Gasteiger partial charge in [0.25, 0.3) is 0 Å². The van der Waals surface area contributed by atoms with Crippen LogP contribution in [0, 0.1) is 17.8 Å². The molecule has 0 aromatic rings. The van der Waals surface area contributed by atoms with Crippen molar-refractivity contribution in [3.8, 4) is 0 Å². The van der Waals surface area contributed by atoms with E-state index in [1.807, 2.05) is 13.8 Å². The number of carbonyl (C=O) groups is 1. The second kappa shape index (κ2) is 4.65. The van der Waals surface area contributed by atoms with Crippen LogP contribution in [0.25, 0.3) is 0 Å². The third-order valence-electron chi connectivity index (χ3n) is 4.16. The minimum atomic E-state index is -0.0927. The molecule has 0 bridgehead atoms. The van der Waals surface area contributed by atoms with Crippen LogP contribution >= 0.6 is 0 Å². The van der Waals surface area contributed by atoms with E-state index in [1.54, 1.807) is 0 Å². The van der Waals surface area contributed by atoms with Crippen LogP contribution in [0.2, 0.25) is 0 Å². The Labute approximate surface area is 93.4 Å². The predicted octanol–water partition coefficient (Wildman–Crippen LogP) is 3.05. The van der Waals surface area contributed by atoms with Crippen molar-refractivity contribution < 1.29 is 9.53 Å². The minimum absolute atomic E-state index is 0.0839. The van der Waals surface area contributed by atoms with Crippen LogP contribution < -0.4 is 0 Å². The zero-order valence-electron chi connectivity index (χ0n) is 10.7. The first-order valence-electron chi connectivity index (χ1n) is 6.04. The summed E-state index contributed by atoms with van der Waals surface area (Å²) >= 11 is 0. The summed E-state index contributed by atoms with van der Waals surface area (Å²) < 4.78 is 5.89. The molecule has 15 heavy (non-hydrogen) atoms. The van der Waals surface area contributed by atoms with Crippen molar-refractivity contribution in [2.24, 2.45) is 17.8 Å². The Balaban J connectivity index is 2.53. The van der Waals surface area contributed by atoms with Crippen LogP contribution in [0.15, 0.2) is 0 Å². The lowest BCUT2D eigenvalue weighted by Crippen LogP contribution is -2.39. The number of hydrogen-bond acceptors (Lipinski definition) is 2. The molecule has 1 rings (SSSR count). The van der Waals surface area contributed by atoms with Crippen molar-refractivity contribution in [1.82, 2.24) is 0 Å². The Kier molecular flexibility index (Phi) is 3.93. The lowest BCUT2D eigenvalue weighted by Gasteiger charge is -2.34. The summed E-state index contributed by atoms with van der Waals surface area (Å²) in [7, 11) is 0. The first-order chi connectivity index (χ1) is 6.88. The topological polar surface area (TPSA) is 26.3 Å². The number of ketones is 1. The maximum absolute atomic E-state index is 11.5. The van der Waals surface area contributed by atoms with E-state index >= 15 is 0 Å². The van der Waals surface area contributed by atoms with Crippen LogP contribution in [0.5, 0.6) is 0 Å². The molecule has 0 radical (unpaired) electrons. The SMILES string of the molecule is CC(C)C(=O)COC1(C)C(C)CCC1C. The van der Waals surface area contributed by atoms with E-state index in [-0.39, 0.29) is 23.9 Å². The van der Waals surface area contributed by atoms with Crippen molar-refractivity contribution in [2.45, 2.75) is 53.1 Å². The Morgan fingerprint density at radius 3 is 2.20 bits per heavy atom. The molecule has 0 aromatic carbocycles. The van der Waals surface area contributed by atoms with Crippen LogP contribution in [0.4, 0.5) is 0 Å². The zero-order valence-corrected chi connectivity index (χ0v) is 10.7. The second-order valence-corrected chi connectivity index (χ2v) is 5.47. The van der Waals surface area contributed by atoms with Crippen molar-refractivity contribution in [3.63, 3.8) is 0 Å². The molecule has 0 N–H and O–H groups in total. The van der Waals surface area contributed by atoms with Gasteiger partial charge in [-0.05, 0) is 31.6 Å². The largest absolute Gasteiger partial charge is 0.367 e. The highest BCUT2D eigenvalue weighted by Crippen LogP contribution is 2.42. The summed E-state index contributed by atoms with van der Waals surface area (Å²) in [6, 6.07) is 0. The normalized spacial score (nSPS) is 36.1. The van der Waals surface area contributed by atoms with Gasteiger partial charge in [-0.2, -0.15) is 0 Å². The average Bonchev–Trinajstić information content (AvgIpc) is 2.43. The van der Waals surface area contributed by atoms with Gasteiger partial charge in [0.1, 0.15) is 6.61 Å². The van der Waals surface area contributed by atoms with E-state index in [0.29, 0.717) is 11.8 Å². The molecule has 2 atom stereocenters. The molecule has 0 aromatic heterocycles. The van der Waals surface area contributed by atoms with E-state index in [2.05, 4.69) is 20.8 Å². The number of Topliss-reactive ketones (excluding diaryl/α,β-unsaturated/α-hetero) is 1. The van der Waals surface area contributed by atoms with E-state index in [1.165, 1.54) is 12.8 Å². The fraction of sp³-hybridized carbons (Fsp3) is 0.923. The van der Waals surface area contributed by atoms with Crippen LogP contribution in [-0.4, -0.2) is 18.0 Å². The molecule has 0 saturated heterocycles. The molecule has 1 aliphatic rings. The molecule has 2 nitrogen and oxygen atoms in total. The van der Waals surface area contributed by atoms with Gasteiger partial charge in [0.15, 0.2) is 5.78 Å². The molecule has 2 unspecified atom stereocenters. The quantitative estimate of drug-likeness (QED) is 0.716. The third-order valence-corrected chi connectivity index (χ3v) is 4.16. The van der Waals surface area contributed by atoms with Crippen molar-refractivity contribution >= 4 is 5.78 Å². The molecule has 88 valence electrons. The number of ether oxygens (including phenoxy) is 1. The number of carbonyl (C=O) groups excluding carboxylic acids is 1. The third kappa shape index (κ3) is 2.60. The number of rotatable bonds is 4. The van der Waals surface area contributed by atoms with Crippen molar-refractivity contribution in [1.29, 1.82) is 0 Å². The second-order valence-electron chi connectivity index (χ2n) is 5.47. The molecule has 0 spiro atoms. The summed E-state index contributed by atoms with van der Waals surface area (Å²) in [4.78, 5) is 11.5. The van der Waals surface area contributed by atoms with Gasteiger partial charge < -0.3 is 4.74 Å². The van der Waals surface area contributed by atoms with Gasteiger partial charge in [0.2, 0.25) is 0 Å². The standard InChI is InChI=1S/C13H24O2/c1-9(2)12(14)8-15-13(5)10(3)6-7-11(13)4/h9-11H,6-8H2,1-5H3. The monoisotopic (exact) mass is 212 g/mol. The first-order valence-corrected chi connectivity index (χ1v) is 6.04. The highest BCUT2D eigenvalue weighted by Gasteiger charge is 2.43.